The number of likely N-dealkylation sites (N-methyl/N-ethyl adjacent to an activating group) is 1. The van der Waals surface area contributed by atoms with Gasteiger partial charge in [0.25, 0.3) is 10.0 Å². The predicted octanol–water partition coefficient (Wildman–Crippen LogP) is 4.75. The molecule has 0 heterocycles. The van der Waals surface area contributed by atoms with Crippen LogP contribution in [-0.4, -0.2) is 51.4 Å². The summed E-state index contributed by atoms with van der Waals surface area (Å²) in [6, 6.07) is 18.1. The molecule has 0 aliphatic heterocycles. The lowest BCUT2D eigenvalue weighted by atomic mass is 10.1. The molecule has 0 aliphatic carbocycles. The molecule has 202 valence electrons. The molecule has 8 nitrogen and oxygen atoms in total. The first-order valence-electron chi connectivity index (χ1n) is 11.8. The number of nitrogens with one attached hydrogen (secondary N) is 1. The van der Waals surface area contributed by atoms with Crippen molar-refractivity contribution < 1.29 is 22.7 Å². The molecule has 0 bridgehead atoms. The van der Waals surface area contributed by atoms with Gasteiger partial charge in [0.15, 0.2) is 0 Å². The molecule has 3 aromatic carbocycles. The number of carbonyl (C=O) groups excluding carboxylic acids is 2. The summed E-state index contributed by atoms with van der Waals surface area (Å²) in [6.45, 7) is 3.26. The third-order valence-corrected chi connectivity index (χ3v) is 8.19. The summed E-state index contributed by atoms with van der Waals surface area (Å²) < 4.78 is 33.9. The highest BCUT2D eigenvalue weighted by atomic mass is 35.5. The SMILES string of the molecule is CCOc1ccc(N(CC(=O)N(Cc2ccc(Cl)cc2Cl)[C@@H](C)C(=O)NC)S(=O)(=O)c2ccccc2)cc1. The van der Waals surface area contributed by atoms with Gasteiger partial charge in [-0.3, -0.25) is 13.9 Å². The smallest absolute Gasteiger partial charge is 0.264 e. The van der Waals surface area contributed by atoms with Crippen LogP contribution in [0, 0.1) is 0 Å². The maximum absolute atomic E-state index is 13.8. The topological polar surface area (TPSA) is 96.0 Å². The van der Waals surface area contributed by atoms with E-state index in [4.69, 9.17) is 27.9 Å². The number of rotatable bonds is 11. The predicted molar refractivity (Wildman–Crippen MR) is 149 cm³/mol. The van der Waals surface area contributed by atoms with Crippen molar-refractivity contribution in [1.82, 2.24) is 10.2 Å². The molecule has 38 heavy (non-hydrogen) atoms. The Balaban J connectivity index is 2.03. The molecule has 1 N–H and O–H groups in total. The first kappa shape index (κ1) is 29.3. The first-order chi connectivity index (χ1) is 18.1. The van der Waals surface area contributed by atoms with E-state index in [0.717, 1.165) is 4.31 Å². The second kappa shape index (κ2) is 13.0. The minimum atomic E-state index is -4.15. The van der Waals surface area contributed by atoms with Crippen LogP contribution < -0.4 is 14.4 Å². The van der Waals surface area contributed by atoms with Crippen LogP contribution in [0.2, 0.25) is 10.0 Å². The summed E-state index contributed by atoms with van der Waals surface area (Å²) >= 11 is 12.4. The quantitative estimate of drug-likeness (QED) is 0.354. The lowest BCUT2D eigenvalue weighted by molar-refractivity contribution is -0.139. The molecule has 0 aromatic heterocycles. The third kappa shape index (κ3) is 6.98. The number of halogens is 2. The lowest BCUT2D eigenvalue weighted by Crippen LogP contribution is -2.50. The van der Waals surface area contributed by atoms with Gasteiger partial charge in [0, 0.05) is 23.6 Å². The Morgan fingerprint density at radius 2 is 1.66 bits per heavy atom. The van der Waals surface area contributed by atoms with Gasteiger partial charge in [-0.15, -0.1) is 0 Å². The summed E-state index contributed by atoms with van der Waals surface area (Å²) in [5.41, 5.74) is 0.821. The van der Waals surface area contributed by atoms with Crippen molar-refractivity contribution in [1.29, 1.82) is 0 Å². The Bertz CT molecular complexity index is 1370. The molecular weight excluding hydrogens is 549 g/mol. The van der Waals surface area contributed by atoms with Crippen LogP contribution in [0.4, 0.5) is 5.69 Å². The van der Waals surface area contributed by atoms with Gasteiger partial charge in [0.05, 0.1) is 17.2 Å². The van der Waals surface area contributed by atoms with Gasteiger partial charge in [-0.1, -0.05) is 47.5 Å². The lowest BCUT2D eigenvalue weighted by Gasteiger charge is -2.32. The minimum Gasteiger partial charge on any atom is -0.494 e. The molecule has 0 aliphatic rings. The van der Waals surface area contributed by atoms with Crippen molar-refractivity contribution in [2.75, 3.05) is 24.5 Å². The number of amides is 2. The van der Waals surface area contributed by atoms with Crippen molar-refractivity contribution >= 4 is 50.7 Å². The molecule has 3 aromatic rings. The number of carbonyl (C=O) groups is 2. The molecule has 2 amide bonds. The largest absolute Gasteiger partial charge is 0.494 e. The van der Waals surface area contributed by atoms with Gasteiger partial charge in [0.2, 0.25) is 11.8 Å². The number of hydrogen-bond acceptors (Lipinski definition) is 5. The van der Waals surface area contributed by atoms with E-state index in [1.807, 2.05) is 6.92 Å². The van der Waals surface area contributed by atoms with Gasteiger partial charge in [0.1, 0.15) is 18.3 Å². The highest BCUT2D eigenvalue weighted by molar-refractivity contribution is 7.92. The number of sulfonamides is 1. The third-order valence-electron chi connectivity index (χ3n) is 5.82. The van der Waals surface area contributed by atoms with E-state index < -0.39 is 34.4 Å². The molecule has 0 saturated heterocycles. The molecule has 0 saturated carbocycles. The van der Waals surface area contributed by atoms with E-state index in [1.165, 1.54) is 30.1 Å². The Kier molecular flexibility index (Phi) is 10.0. The summed E-state index contributed by atoms with van der Waals surface area (Å²) in [4.78, 5) is 27.6. The zero-order valence-corrected chi connectivity index (χ0v) is 23.6. The molecule has 0 spiro atoms. The van der Waals surface area contributed by atoms with Crippen molar-refractivity contribution in [2.24, 2.45) is 0 Å². The molecule has 1 atom stereocenters. The summed E-state index contributed by atoms with van der Waals surface area (Å²) in [7, 11) is -2.68. The molecule has 3 rings (SSSR count). The van der Waals surface area contributed by atoms with E-state index in [2.05, 4.69) is 5.32 Å². The fourth-order valence-electron chi connectivity index (χ4n) is 3.75. The van der Waals surface area contributed by atoms with Crippen LogP contribution in [0.5, 0.6) is 5.75 Å². The van der Waals surface area contributed by atoms with E-state index in [1.54, 1.807) is 61.5 Å². The van der Waals surface area contributed by atoms with Crippen LogP contribution in [0.1, 0.15) is 19.4 Å². The van der Waals surface area contributed by atoms with Crippen LogP contribution in [0.15, 0.2) is 77.7 Å². The normalized spacial score (nSPS) is 11.9. The molecule has 0 unspecified atom stereocenters. The van der Waals surface area contributed by atoms with Crippen molar-refractivity contribution in [3.8, 4) is 5.75 Å². The van der Waals surface area contributed by atoms with E-state index in [-0.39, 0.29) is 17.1 Å². The van der Waals surface area contributed by atoms with E-state index >= 15 is 0 Å². The summed E-state index contributed by atoms with van der Waals surface area (Å²) in [5, 5.41) is 3.28. The van der Waals surface area contributed by atoms with E-state index in [0.29, 0.717) is 28.0 Å². The maximum Gasteiger partial charge on any atom is 0.264 e. The zero-order chi connectivity index (χ0) is 27.9. The number of hydrogen-bond donors (Lipinski definition) is 1. The van der Waals surface area contributed by atoms with Crippen molar-refractivity contribution in [3.63, 3.8) is 0 Å². The van der Waals surface area contributed by atoms with Crippen LogP contribution >= 0.6 is 23.2 Å². The first-order valence-corrected chi connectivity index (χ1v) is 14.0. The second-order valence-electron chi connectivity index (χ2n) is 8.30. The number of ether oxygens (including phenoxy) is 1. The fraction of sp³-hybridized carbons (Fsp3) is 0.259. The maximum atomic E-state index is 13.8. The summed E-state index contributed by atoms with van der Waals surface area (Å²) in [5.74, 6) is -0.450. The second-order valence-corrected chi connectivity index (χ2v) is 11.0. The Morgan fingerprint density at radius 1 is 1.00 bits per heavy atom. The Hall–Kier alpha value is -3.27. The Morgan fingerprint density at radius 3 is 2.24 bits per heavy atom. The highest BCUT2D eigenvalue weighted by Crippen LogP contribution is 2.27. The molecule has 11 heteroatoms. The van der Waals surface area contributed by atoms with Gasteiger partial charge >= 0.3 is 0 Å². The summed E-state index contributed by atoms with van der Waals surface area (Å²) in [6.07, 6.45) is 0. The van der Waals surface area contributed by atoms with Crippen molar-refractivity contribution in [2.45, 2.75) is 31.3 Å². The van der Waals surface area contributed by atoms with Crippen LogP contribution in [0.3, 0.4) is 0 Å². The van der Waals surface area contributed by atoms with Gasteiger partial charge in [-0.05, 0) is 67.9 Å². The number of benzene rings is 3. The van der Waals surface area contributed by atoms with Crippen LogP contribution in [-0.2, 0) is 26.2 Å². The average molecular weight is 579 g/mol. The zero-order valence-electron chi connectivity index (χ0n) is 21.2. The number of nitrogens with zero attached hydrogens (tertiary/aromatic N) is 2. The minimum absolute atomic E-state index is 0.0216. The fourth-order valence-corrected chi connectivity index (χ4v) is 5.65. The monoisotopic (exact) mass is 577 g/mol. The van der Waals surface area contributed by atoms with Gasteiger partial charge in [-0.2, -0.15) is 0 Å². The standard InChI is InChI=1S/C27H29Cl2N3O5S/c1-4-37-23-14-12-22(13-15-23)32(38(35,36)24-8-6-5-7-9-24)18-26(33)31(19(2)27(34)30-3)17-20-10-11-21(28)16-25(20)29/h5-16,19H,4,17-18H2,1-3H3,(H,30,34)/t19-/m0/s1. The van der Waals surface area contributed by atoms with Gasteiger partial charge < -0.3 is 15.0 Å². The number of anilines is 1. The van der Waals surface area contributed by atoms with Crippen LogP contribution in [0.25, 0.3) is 0 Å². The molecule has 0 fully saturated rings. The van der Waals surface area contributed by atoms with E-state index in [9.17, 15) is 18.0 Å². The average Bonchev–Trinajstić information content (AvgIpc) is 2.91. The molecular formula is C27H29Cl2N3O5S. The highest BCUT2D eigenvalue weighted by Gasteiger charge is 2.32. The molecule has 0 radical (unpaired) electrons. The Labute approximate surface area is 233 Å². The van der Waals surface area contributed by atoms with Gasteiger partial charge in [-0.25, -0.2) is 8.42 Å². The van der Waals surface area contributed by atoms with Crippen molar-refractivity contribution in [3.05, 3.63) is 88.4 Å².